The van der Waals surface area contributed by atoms with Gasteiger partial charge in [-0.1, -0.05) is 117 Å². The van der Waals surface area contributed by atoms with Crippen LogP contribution in [0.3, 0.4) is 0 Å². The van der Waals surface area contributed by atoms with Crippen molar-refractivity contribution in [1.29, 1.82) is 0 Å². The predicted molar refractivity (Wildman–Crippen MR) is 182 cm³/mol. The second-order valence-corrected chi connectivity index (χ2v) is 11.4. The number of carbonyl (C=O) groups excluding carboxylic acids is 1. The number of ether oxygens (including phenoxy) is 2. The highest BCUT2D eigenvalue weighted by Crippen LogP contribution is 2.35. The Morgan fingerprint density at radius 3 is 1.84 bits per heavy atom. The zero-order chi connectivity index (χ0) is 30.1. The molecule has 0 saturated carbocycles. The number of carbonyl (C=O) groups is 1. The van der Waals surface area contributed by atoms with Crippen molar-refractivity contribution in [3.63, 3.8) is 0 Å². The van der Waals surface area contributed by atoms with E-state index in [1.807, 2.05) is 54.6 Å². The molecule has 220 valence electrons. The van der Waals surface area contributed by atoms with Crippen LogP contribution in [-0.4, -0.2) is 5.78 Å². The molecule has 0 N–H and O–H groups in total. The van der Waals surface area contributed by atoms with Crippen LogP contribution in [-0.2, 0) is 13.2 Å². The number of hydrogen-bond acceptors (Lipinski definition) is 3. The van der Waals surface area contributed by atoms with Crippen molar-refractivity contribution in [1.82, 2.24) is 0 Å². The standard InChI is InChI=1S/C41H38O3/c1-2-3-4-11-16-40(42)41-38(23-20-35-27-37(22-24-39(35)41)44-29-31-14-9-6-10-15-31)34-18-17-33-26-36(21-19-32(33)25-34)43-28-30-12-7-5-8-13-30/h5-10,12-15,17-27H,2-4,11,16,28-29H2,1H3. The molecule has 0 bridgehead atoms. The summed E-state index contributed by atoms with van der Waals surface area (Å²) in [5.74, 6) is 1.84. The van der Waals surface area contributed by atoms with Crippen LogP contribution in [0, 0.1) is 0 Å². The maximum Gasteiger partial charge on any atom is 0.164 e. The van der Waals surface area contributed by atoms with E-state index in [9.17, 15) is 4.79 Å². The zero-order valence-corrected chi connectivity index (χ0v) is 25.3. The fraction of sp³-hybridized carbons (Fsp3) is 0.195. The molecule has 0 amide bonds. The molecule has 6 aromatic carbocycles. The summed E-state index contributed by atoms with van der Waals surface area (Å²) < 4.78 is 12.2. The molecule has 0 saturated heterocycles. The minimum absolute atomic E-state index is 0.199. The topological polar surface area (TPSA) is 35.5 Å². The molecular formula is C41H38O3. The molecule has 0 aliphatic carbocycles. The lowest BCUT2D eigenvalue weighted by Crippen LogP contribution is -2.04. The van der Waals surface area contributed by atoms with E-state index in [0.29, 0.717) is 19.6 Å². The summed E-state index contributed by atoms with van der Waals surface area (Å²) in [5.41, 5.74) is 5.08. The van der Waals surface area contributed by atoms with Crippen molar-refractivity contribution in [2.45, 2.75) is 52.2 Å². The van der Waals surface area contributed by atoms with Crippen molar-refractivity contribution < 1.29 is 14.3 Å². The summed E-state index contributed by atoms with van der Waals surface area (Å²) in [7, 11) is 0. The van der Waals surface area contributed by atoms with Crippen LogP contribution in [0.1, 0.15) is 60.5 Å². The summed E-state index contributed by atoms with van der Waals surface area (Å²) >= 11 is 0. The Hall–Kier alpha value is -4.89. The third-order valence-electron chi connectivity index (χ3n) is 8.15. The van der Waals surface area contributed by atoms with Crippen LogP contribution in [0.4, 0.5) is 0 Å². The SMILES string of the molecule is CCCCCCC(=O)c1c(-c2ccc3cc(OCc4ccccc4)ccc3c2)ccc2cc(OCc3ccccc3)ccc12. The lowest BCUT2D eigenvalue weighted by atomic mass is 9.89. The Bertz CT molecular complexity index is 1860. The van der Waals surface area contributed by atoms with Gasteiger partial charge in [0.2, 0.25) is 0 Å². The van der Waals surface area contributed by atoms with Gasteiger partial charge in [-0.15, -0.1) is 0 Å². The van der Waals surface area contributed by atoms with Gasteiger partial charge in [0, 0.05) is 12.0 Å². The van der Waals surface area contributed by atoms with Crippen molar-refractivity contribution in [3.05, 3.63) is 144 Å². The van der Waals surface area contributed by atoms with Crippen LogP contribution in [0.15, 0.2) is 127 Å². The first-order valence-electron chi connectivity index (χ1n) is 15.7. The summed E-state index contributed by atoms with van der Waals surface area (Å²) in [6.45, 7) is 3.23. The van der Waals surface area contributed by atoms with Crippen LogP contribution >= 0.6 is 0 Å². The molecule has 0 aliphatic rings. The number of ketones is 1. The number of benzene rings is 6. The van der Waals surface area contributed by atoms with Crippen LogP contribution in [0.2, 0.25) is 0 Å². The van der Waals surface area contributed by atoms with E-state index < -0.39 is 0 Å². The van der Waals surface area contributed by atoms with E-state index in [1.54, 1.807) is 0 Å². The Balaban J connectivity index is 1.30. The first-order valence-corrected chi connectivity index (χ1v) is 15.7. The first kappa shape index (κ1) is 29.2. The van der Waals surface area contributed by atoms with Crippen molar-refractivity contribution in [2.75, 3.05) is 0 Å². The predicted octanol–water partition coefficient (Wildman–Crippen LogP) is 11.0. The third-order valence-corrected chi connectivity index (χ3v) is 8.15. The Kier molecular flexibility index (Phi) is 9.32. The molecule has 3 nitrogen and oxygen atoms in total. The maximum absolute atomic E-state index is 13.9. The van der Waals surface area contributed by atoms with Crippen LogP contribution in [0.25, 0.3) is 32.7 Å². The molecule has 0 aliphatic heterocycles. The fourth-order valence-corrected chi connectivity index (χ4v) is 5.74. The van der Waals surface area contributed by atoms with Gasteiger partial charge in [0.1, 0.15) is 24.7 Å². The van der Waals surface area contributed by atoms with Gasteiger partial charge in [-0.25, -0.2) is 0 Å². The number of Topliss-reactive ketones (excluding diaryl/α,β-unsaturated/α-hetero) is 1. The molecule has 6 aromatic rings. The number of fused-ring (bicyclic) bond motifs is 2. The van der Waals surface area contributed by atoms with Crippen molar-refractivity contribution in [3.8, 4) is 22.6 Å². The average molecular weight is 579 g/mol. The summed E-state index contributed by atoms with van der Waals surface area (Å²) in [6, 6.07) is 43.3. The second-order valence-electron chi connectivity index (χ2n) is 11.4. The van der Waals surface area contributed by atoms with Crippen LogP contribution in [0.5, 0.6) is 11.5 Å². The van der Waals surface area contributed by atoms with Gasteiger partial charge < -0.3 is 9.47 Å². The number of hydrogen-bond donors (Lipinski definition) is 0. The third kappa shape index (κ3) is 7.01. The molecule has 6 rings (SSSR count). The summed E-state index contributed by atoms with van der Waals surface area (Å²) in [6.07, 6.45) is 4.83. The lowest BCUT2D eigenvalue weighted by Gasteiger charge is -2.15. The second kappa shape index (κ2) is 14.1. The van der Waals surface area contributed by atoms with Gasteiger partial charge in [-0.05, 0) is 86.6 Å². The molecule has 0 aromatic heterocycles. The molecule has 0 spiro atoms. The quantitative estimate of drug-likeness (QED) is 0.101. The summed E-state index contributed by atoms with van der Waals surface area (Å²) in [5, 5.41) is 4.20. The maximum atomic E-state index is 13.9. The minimum Gasteiger partial charge on any atom is -0.489 e. The minimum atomic E-state index is 0.199. The van der Waals surface area contributed by atoms with E-state index >= 15 is 0 Å². The van der Waals surface area contributed by atoms with Gasteiger partial charge in [0.15, 0.2) is 5.78 Å². The van der Waals surface area contributed by atoms with Crippen molar-refractivity contribution >= 4 is 27.3 Å². The molecule has 44 heavy (non-hydrogen) atoms. The molecule has 0 unspecified atom stereocenters. The van der Waals surface area contributed by atoms with E-state index in [2.05, 4.69) is 79.7 Å². The largest absolute Gasteiger partial charge is 0.489 e. The smallest absolute Gasteiger partial charge is 0.164 e. The molecular weight excluding hydrogens is 540 g/mol. The van der Waals surface area contributed by atoms with Gasteiger partial charge in [0.05, 0.1) is 0 Å². The Morgan fingerprint density at radius 1 is 0.568 bits per heavy atom. The monoisotopic (exact) mass is 578 g/mol. The zero-order valence-electron chi connectivity index (χ0n) is 25.3. The van der Waals surface area contributed by atoms with E-state index in [1.165, 1.54) is 0 Å². The Labute approximate surface area is 260 Å². The van der Waals surface area contributed by atoms with Crippen molar-refractivity contribution in [2.24, 2.45) is 0 Å². The highest BCUT2D eigenvalue weighted by atomic mass is 16.5. The van der Waals surface area contributed by atoms with Gasteiger partial charge >= 0.3 is 0 Å². The molecule has 0 radical (unpaired) electrons. The highest BCUT2D eigenvalue weighted by Gasteiger charge is 2.18. The highest BCUT2D eigenvalue weighted by molar-refractivity contribution is 6.14. The van der Waals surface area contributed by atoms with E-state index in [0.717, 1.165) is 86.5 Å². The molecule has 0 atom stereocenters. The van der Waals surface area contributed by atoms with Gasteiger partial charge in [-0.3, -0.25) is 4.79 Å². The van der Waals surface area contributed by atoms with Gasteiger partial charge in [-0.2, -0.15) is 0 Å². The molecule has 0 heterocycles. The lowest BCUT2D eigenvalue weighted by molar-refractivity contribution is 0.0981. The average Bonchev–Trinajstić information content (AvgIpc) is 3.08. The number of unbranched alkanes of at least 4 members (excludes halogenated alkanes) is 3. The van der Waals surface area contributed by atoms with E-state index in [4.69, 9.17) is 9.47 Å². The Morgan fingerprint density at radius 2 is 1.16 bits per heavy atom. The van der Waals surface area contributed by atoms with Crippen LogP contribution < -0.4 is 9.47 Å². The number of rotatable bonds is 13. The van der Waals surface area contributed by atoms with E-state index in [-0.39, 0.29) is 5.78 Å². The van der Waals surface area contributed by atoms with Gasteiger partial charge in [0.25, 0.3) is 0 Å². The summed E-state index contributed by atoms with van der Waals surface area (Å²) in [4.78, 5) is 13.9. The normalized spacial score (nSPS) is 11.1. The molecule has 3 heteroatoms. The molecule has 0 fully saturated rings. The first-order chi connectivity index (χ1) is 21.7. The fourth-order valence-electron chi connectivity index (χ4n) is 5.74.